The van der Waals surface area contributed by atoms with E-state index in [4.69, 9.17) is 6.57 Å². The number of likely N-dealkylation sites (tertiary alicyclic amines) is 1. The minimum absolute atomic E-state index is 0.182. The number of nitrogens with zero attached hydrogens (tertiary/aromatic N) is 4. The third kappa shape index (κ3) is 2.93. The first-order valence-electron chi connectivity index (χ1n) is 9.92. The van der Waals surface area contributed by atoms with Gasteiger partial charge in [-0.3, -0.25) is 9.89 Å². The van der Waals surface area contributed by atoms with Gasteiger partial charge in [0.25, 0.3) is 0 Å². The van der Waals surface area contributed by atoms with E-state index in [9.17, 15) is 0 Å². The van der Waals surface area contributed by atoms with Gasteiger partial charge in [0.1, 0.15) is 0 Å². The van der Waals surface area contributed by atoms with E-state index < -0.39 is 0 Å². The van der Waals surface area contributed by atoms with Crippen molar-refractivity contribution in [2.75, 3.05) is 27.2 Å². The summed E-state index contributed by atoms with van der Waals surface area (Å²) in [6.07, 6.45) is 6.93. The van der Waals surface area contributed by atoms with Crippen LogP contribution in [-0.2, 0) is 11.8 Å². The maximum absolute atomic E-state index is 7.62. The lowest BCUT2D eigenvalue weighted by Gasteiger charge is -2.55. The Morgan fingerprint density at radius 1 is 1.38 bits per heavy atom. The Hall–Kier alpha value is -1.86. The zero-order valence-corrected chi connectivity index (χ0v) is 16.5. The molecule has 2 aliphatic carbocycles. The van der Waals surface area contributed by atoms with Crippen LogP contribution in [0.4, 0.5) is 11.4 Å². The third-order valence-corrected chi connectivity index (χ3v) is 6.95. The minimum Gasteiger partial charge on any atom is -0.369 e. The summed E-state index contributed by atoms with van der Waals surface area (Å²) in [7, 11) is 3.92. The Morgan fingerprint density at radius 3 is 2.81 bits per heavy atom. The van der Waals surface area contributed by atoms with Gasteiger partial charge in [0, 0.05) is 26.7 Å². The summed E-state index contributed by atoms with van der Waals surface area (Å²) in [5.41, 5.74) is 4.50. The number of rotatable bonds is 4. The van der Waals surface area contributed by atoms with Gasteiger partial charge in [-0.05, 0) is 66.7 Å². The average Bonchev–Trinajstić information content (AvgIpc) is 3.42. The zero-order valence-electron chi connectivity index (χ0n) is 16.5. The van der Waals surface area contributed by atoms with Crippen molar-refractivity contribution in [2.24, 2.45) is 16.8 Å². The molecule has 1 saturated heterocycles. The standard InChI is InChI=1S/C22H30N4/c1-15-21-11-17-10-20(24-14-25(4)5)19(23-3)12-18(17)22(15,2)8-9-26(21)13-16-6-7-16/h10,12,14-16,21H,6-9,11,13H2,1-2,4-5H3/b24-14-/t15-,21?,22-/m0/s1. The monoisotopic (exact) mass is 350 g/mol. The first kappa shape index (κ1) is 17.5. The fraction of sp³-hybridized carbons (Fsp3) is 0.636. The SMILES string of the molecule is [C-]#[N+]c1cc2c(cc1/N=C\N(C)C)CC1[C@H](C)[C@]2(C)CCN1CC1CC1. The number of fused-ring (bicyclic) bond motifs is 4. The number of aliphatic imine (C=N–C) groups is 1. The van der Waals surface area contributed by atoms with Gasteiger partial charge in [-0.25, -0.2) is 4.85 Å². The lowest BCUT2D eigenvalue weighted by molar-refractivity contribution is 0.0285. The van der Waals surface area contributed by atoms with Gasteiger partial charge in [-0.2, -0.15) is 0 Å². The molecule has 0 spiro atoms. The van der Waals surface area contributed by atoms with E-state index in [0.29, 0.717) is 17.6 Å². The van der Waals surface area contributed by atoms with E-state index in [1.54, 1.807) is 6.34 Å². The van der Waals surface area contributed by atoms with Crippen molar-refractivity contribution in [1.29, 1.82) is 0 Å². The lowest BCUT2D eigenvalue weighted by Crippen LogP contribution is -2.58. The number of hydrogen-bond donors (Lipinski definition) is 0. The molecule has 1 heterocycles. The molecule has 1 aromatic carbocycles. The molecule has 1 aliphatic heterocycles. The van der Waals surface area contributed by atoms with Crippen LogP contribution in [0.5, 0.6) is 0 Å². The van der Waals surface area contributed by atoms with Crippen LogP contribution in [0.25, 0.3) is 4.85 Å². The summed E-state index contributed by atoms with van der Waals surface area (Å²) in [6, 6.07) is 4.97. The van der Waals surface area contributed by atoms with Crippen molar-refractivity contribution < 1.29 is 0 Å². The van der Waals surface area contributed by atoms with Crippen molar-refractivity contribution >= 4 is 17.7 Å². The van der Waals surface area contributed by atoms with Gasteiger partial charge in [0.2, 0.25) is 5.69 Å². The highest BCUT2D eigenvalue weighted by Gasteiger charge is 2.49. The van der Waals surface area contributed by atoms with Crippen molar-refractivity contribution in [3.05, 3.63) is 34.7 Å². The van der Waals surface area contributed by atoms with Crippen LogP contribution in [0.15, 0.2) is 17.1 Å². The molecule has 1 unspecified atom stereocenters. The quantitative estimate of drug-likeness (QED) is 0.457. The smallest absolute Gasteiger partial charge is 0.212 e. The molecule has 138 valence electrons. The maximum atomic E-state index is 7.62. The molecule has 26 heavy (non-hydrogen) atoms. The van der Waals surface area contributed by atoms with Crippen LogP contribution in [0.1, 0.15) is 44.2 Å². The van der Waals surface area contributed by atoms with E-state index in [1.807, 2.05) is 19.0 Å². The largest absolute Gasteiger partial charge is 0.369 e. The first-order valence-corrected chi connectivity index (χ1v) is 9.92. The van der Waals surface area contributed by atoms with E-state index >= 15 is 0 Å². The molecule has 0 N–H and O–H groups in total. The van der Waals surface area contributed by atoms with Crippen molar-refractivity contribution in [1.82, 2.24) is 9.80 Å². The Labute approximate surface area is 157 Å². The molecule has 1 aromatic rings. The average molecular weight is 351 g/mol. The summed E-state index contributed by atoms with van der Waals surface area (Å²) in [4.78, 5) is 13.0. The summed E-state index contributed by atoms with van der Waals surface area (Å²) in [5.74, 6) is 1.58. The Bertz CT molecular complexity index is 771. The van der Waals surface area contributed by atoms with Crippen LogP contribution in [0.3, 0.4) is 0 Å². The fourth-order valence-electron chi connectivity index (χ4n) is 4.97. The predicted molar refractivity (Wildman–Crippen MR) is 107 cm³/mol. The second kappa shape index (κ2) is 6.39. The number of benzene rings is 1. The van der Waals surface area contributed by atoms with Crippen molar-refractivity contribution in [3.8, 4) is 0 Å². The van der Waals surface area contributed by atoms with E-state index in [2.05, 4.69) is 40.7 Å². The molecule has 0 aromatic heterocycles. The number of hydrogen-bond acceptors (Lipinski definition) is 2. The van der Waals surface area contributed by atoms with Crippen LogP contribution >= 0.6 is 0 Å². The first-order chi connectivity index (χ1) is 12.4. The summed E-state index contributed by atoms with van der Waals surface area (Å²) in [6.45, 7) is 15.0. The second-order valence-electron chi connectivity index (χ2n) is 8.98. The maximum Gasteiger partial charge on any atom is 0.212 e. The van der Waals surface area contributed by atoms with Gasteiger partial charge >= 0.3 is 0 Å². The van der Waals surface area contributed by atoms with Crippen LogP contribution < -0.4 is 0 Å². The molecular formula is C22H30N4. The number of piperidine rings is 1. The summed E-state index contributed by atoms with van der Waals surface area (Å²) >= 11 is 0. The van der Waals surface area contributed by atoms with Crippen LogP contribution in [0.2, 0.25) is 0 Å². The molecule has 2 bridgehead atoms. The molecule has 1 saturated carbocycles. The Morgan fingerprint density at radius 2 is 2.15 bits per heavy atom. The van der Waals surface area contributed by atoms with E-state index in [-0.39, 0.29) is 5.41 Å². The van der Waals surface area contributed by atoms with Crippen LogP contribution in [0, 0.1) is 18.4 Å². The lowest BCUT2D eigenvalue weighted by atomic mass is 9.59. The minimum atomic E-state index is 0.182. The fourth-order valence-corrected chi connectivity index (χ4v) is 4.97. The van der Waals surface area contributed by atoms with E-state index in [1.165, 1.54) is 43.5 Å². The molecule has 0 radical (unpaired) electrons. The molecule has 4 heteroatoms. The molecule has 3 atom stereocenters. The molecule has 4 rings (SSSR count). The third-order valence-electron chi connectivity index (χ3n) is 6.95. The van der Waals surface area contributed by atoms with Gasteiger partial charge in [0.05, 0.1) is 18.6 Å². The van der Waals surface area contributed by atoms with Gasteiger partial charge in [0.15, 0.2) is 0 Å². The van der Waals surface area contributed by atoms with Crippen LogP contribution in [-0.4, -0.2) is 49.4 Å². The molecule has 3 aliphatic rings. The van der Waals surface area contributed by atoms with Gasteiger partial charge in [-0.15, -0.1) is 0 Å². The molecule has 0 amide bonds. The molecule has 2 fully saturated rings. The normalized spacial score (nSPS) is 30.9. The highest BCUT2D eigenvalue weighted by atomic mass is 15.2. The van der Waals surface area contributed by atoms with Gasteiger partial charge < -0.3 is 4.90 Å². The Balaban J connectivity index is 1.73. The topological polar surface area (TPSA) is 23.2 Å². The molecule has 4 nitrogen and oxygen atoms in total. The van der Waals surface area contributed by atoms with Gasteiger partial charge in [-0.1, -0.05) is 19.9 Å². The highest BCUT2D eigenvalue weighted by Crippen LogP contribution is 2.51. The highest BCUT2D eigenvalue weighted by molar-refractivity contribution is 5.74. The summed E-state index contributed by atoms with van der Waals surface area (Å²) < 4.78 is 0. The van der Waals surface area contributed by atoms with E-state index in [0.717, 1.165) is 18.0 Å². The van der Waals surface area contributed by atoms with Crippen molar-refractivity contribution in [3.63, 3.8) is 0 Å². The Kier molecular flexibility index (Phi) is 4.31. The predicted octanol–water partition coefficient (Wildman–Crippen LogP) is 4.39. The van der Waals surface area contributed by atoms with Crippen molar-refractivity contribution in [2.45, 2.75) is 51.0 Å². The second-order valence-corrected chi connectivity index (χ2v) is 8.98. The zero-order chi connectivity index (χ0) is 18.5. The molecular weight excluding hydrogens is 320 g/mol. The summed E-state index contributed by atoms with van der Waals surface area (Å²) in [5, 5.41) is 0.